The van der Waals surface area contributed by atoms with Gasteiger partial charge in [-0.15, -0.1) is 5.10 Å². The van der Waals surface area contributed by atoms with E-state index in [2.05, 4.69) is 10.2 Å². The third-order valence-corrected chi connectivity index (χ3v) is 2.18. The van der Waals surface area contributed by atoms with Gasteiger partial charge < -0.3 is 10.2 Å². The summed E-state index contributed by atoms with van der Waals surface area (Å²) in [5, 5.41) is 7.78. The number of furan rings is 1. The van der Waals surface area contributed by atoms with Crippen molar-refractivity contribution in [2.24, 2.45) is 15.9 Å². The van der Waals surface area contributed by atoms with Crippen molar-refractivity contribution in [2.45, 2.75) is 6.92 Å². The lowest BCUT2D eigenvalue weighted by molar-refractivity contribution is 0.528. The molecule has 0 aliphatic rings. The van der Waals surface area contributed by atoms with E-state index in [1.54, 1.807) is 0 Å². The van der Waals surface area contributed by atoms with Crippen LogP contribution in [0.15, 0.2) is 57.1 Å². The molecule has 17 heavy (non-hydrogen) atoms. The zero-order valence-corrected chi connectivity index (χ0v) is 9.50. The van der Waals surface area contributed by atoms with Crippen LogP contribution >= 0.6 is 0 Å². The van der Waals surface area contributed by atoms with Crippen LogP contribution in [0.1, 0.15) is 17.1 Å². The largest absolute Gasteiger partial charge is 0.460 e. The normalized spacial score (nSPS) is 12.2. The van der Waals surface area contributed by atoms with E-state index in [4.69, 9.17) is 10.2 Å². The van der Waals surface area contributed by atoms with Crippen LogP contribution in [0.3, 0.4) is 0 Å². The number of nitrogens with two attached hydrogens (primary N) is 1. The van der Waals surface area contributed by atoms with Gasteiger partial charge in [0.05, 0.1) is 6.21 Å². The van der Waals surface area contributed by atoms with E-state index in [9.17, 15) is 0 Å². The Hall–Kier alpha value is -2.36. The van der Waals surface area contributed by atoms with E-state index in [1.807, 2.05) is 49.4 Å². The minimum Gasteiger partial charge on any atom is -0.460 e. The Balaban J connectivity index is 2.08. The molecule has 0 unspecified atom stereocenters. The lowest BCUT2D eigenvalue weighted by atomic mass is 10.2. The van der Waals surface area contributed by atoms with Gasteiger partial charge in [-0.25, -0.2) is 0 Å². The molecule has 0 spiro atoms. The van der Waals surface area contributed by atoms with E-state index >= 15 is 0 Å². The SMILES string of the molecule is Cc1ccc(/C=N/N=C(N)c2ccccc2)o1. The molecule has 0 aliphatic carbocycles. The molecule has 0 saturated carbocycles. The van der Waals surface area contributed by atoms with Crippen LogP contribution in [-0.2, 0) is 0 Å². The summed E-state index contributed by atoms with van der Waals surface area (Å²) in [6.07, 6.45) is 1.53. The van der Waals surface area contributed by atoms with Crippen molar-refractivity contribution in [3.8, 4) is 0 Å². The quantitative estimate of drug-likeness (QED) is 0.497. The number of amidine groups is 1. The molecule has 1 aromatic heterocycles. The molecule has 0 radical (unpaired) electrons. The molecule has 2 aromatic rings. The van der Waals surface area contributed by atoms with Gasteiger partial charge in [-0.1, -0.05) is 30.3 Å². The van der Waals surface area contributed by atoms with Crippen LogP contribution in [-0.4, -0.2) is 12.1 Å². The number of benzene rings is 1. The van der Waals surface area contributed by atoms with Crippen molar-refractivity contribution in [1.82, 2.24) is 0 Å². The van der Waals surface area contributed by atoms with Gasteiger partial charge in [-0.3, -0.25) is 0 Å². The molecular formula is C13H13N3O. The van der Waals surface area contributed by atoms with E-state index in [-0.39, 0.29) is 0 Å². The van der Waals surface area contributed by atoms with Gasteiger partial charge in [-0.05, 0) is 19.1 Å². The predicted octanol–water partition coefficient (Wildman–Crippen LogP) is 2.33. The van der Waals surface area contributed by atoms with E-state index in [1.165, 1.54) is 6.21 Å². The lowest BCUT2D eigenvalue weighted by Crippen LogP contribution is -2.12. The van der Waals surface area contributed by atoms with Gasteiger partial charge >= 0.3 is 0 Å². The Morgan fingerprint density at radius 3 is 2.59 bits per heavy atom. The maximum atomic E-state index is 5.77. The number of hydrogen-bond acceptors (Lipinski definition) is 3. The molecule has 0 atom stereocenters. The second kappa shape index (κ2) is 5.12. The molecule has 86 valence electrons. The highest BCUT2D eigenvalue weighted by Crippen LogP contribution is 2.03. The van der Waals surface area contributed by atoms with Crippen molar-refractivity contribution in [3.63, 3.8) is 0 Å². The first-order valence-electron chi connectivity index (χ1n) is 5.24. The van der Waals surface area contributed by atoms with Crippen LogP contribution in [0.5, 0.6) is 0 Å². The molecule has 0 fully saturated rings. The van der Waals surface area contributed by atoms with E-state index in [0.29, 0.717) is 11.6 Å². The molecule has 0 amide bonds. The molecular weight excluding hydrogens is 214 g/mol. The predicted molar refractivity (Wildman–Crippen MR) is 68.2 cm³/mol. The zero-order valence-electron chi connectivity index (χ0n) is 9.50. The minimum atomic E-state index is 0.380. The molecule has 4 heteroatoms. The van der Waals surface area contributed by atoms with Crippen molar-refractivity contribution in [3.05, 3.63) is 59.5 Å². The first-order valence-corrected chi connectivity index (χ1v) is 5.24. The Bertz CT molecular complexity index is 541. The van der Waals surface area contributed by atoms with Crippen molar-refractivity contribution >= 4 is 12.1 Å². The molecule has 0 aliphatic heterocycles. The van der Waals surface area contributed by atoms with E-state index < -0.39 is 0 Å². The smallest absolute Gasteiger partial charge is 0.153 e. The van der Waals surface area contributed by atoms with Gasteiger partial charge in [-0.2, -0.15) is 5.10 Å². The molecule has 2 N–H and O–H groups in total. The summed E-state index contributed by atoms with van der Waals surface area (Å²) in [6, 6.07) is 13.2. The summed E-state index contributed by atoms with van der Waals surface area (Å²) in [7, 11) is 0. The fourth-order valence-electron chi connectivity index (χ4n) is 1.34. The lowest BCUT2D eigenvalue weighted by Gasteiger charge is -1.95. The van der Waals surface area contributed by atoms with Crippen LogP contribution in [0, 0.1) is 6.92 Å². The van der Waals surface area contributed by atoms with Crippen LogP contribution in [0.25, 0.3) is 0 Å². The molecule has 1 aromatic carbocycles. The summed E-state index contributed by atoms with van der Waals surface area (Å²) in [5.41, 5.74) is 6.62. The monoisotopic (exact) mass is 227 g/mol. The Morgan fingerprint density at radius 1 is 1.18 bits per heavy atom. The van der Waals surface area contributed by atoms with Crippen LogP contribution in [0.2, 0.25) is 0 Å². The molecule has 4 nitrogen and oxygen atoms in total. The molecule has 2 rings (SSSR count). The third-order valence-electron chi connectivity index (χ3n) is 2.18. The highest BCUT2D eigenvalue weighted by Gasteiger charge is 1.95. The molecule has 0 saturated heterocycles. The van der Waals surface area contributed by atoms with Gasteiger partial charge in [0.1, 0.15) is 11.5 Å². The second-order valence-electron chi connectivity index (χ2n) is 3.54. The number of hydrogen-bond donors (Lipinski definition) is 1. The number of rotatable bonds is 3. The number of aryl methyl sites for hydroxylation is 1. The first-order chi connectivity index (χ1) is 8.25. The highest BCUT2D eigenvalue weighted by molar-refractivity contribution is 5.97. The van der Waals surface area contributed by atoms with Crippen molar-refractivity contribution < 1.29 is 4.42 Å². The minimum absolute atomic E-state index is 0.380. The van der Waals surface area contributed by atoms with Gasteiger partial charge in [0, 0.05) is 5.56 Å². The highest BCUT2D eigenvalue weighted by atomic mass is 16.3. The number of nitrogens with zero attached hydrogens (tertiary/aromatic N) is 2. The summed E-state index contributed by atoms with van der Waals surface area (Å²) in [5.74, 6) is 1.88. The maximum Gasteiger partial charge on any atom is 0.153 e. The van der Waals surface area contributed by atoms with Gasteiger partial charge in [0.15, 0.2) is 5.84 Å². The molecule has 1 heterocycles. The summed E-state index contributed by atoms with van der Waals surface area (Å²) in [6.45, 7) is 1.87. The zero-order chi connectivity index (χ0) is 12.1. The Morgan fingerprint density at radius 2 is 1.94 bits per heavy atom. The standard InChI is InChI=1S/C13H13N3O/c1-10-7-8-12(17-10)9-15-16-13(14)11-5-3-2-4-6-11/h2-9H,1H3,(H2,14,16)/b15-9+. The summed E-state index contributed by atoms with van der Waals surface area (Å²) < 4.78 is 5.31. The van der Waals surface area contributed by atoms with Crippen molar-refractivity contribution in [2.75, 3.05) is 0 Å². The van der Waals surface area contributed by atoms with E-state index in [0.717, 1.165) is 11.3 Å². The van der Waals surface area contributed by atoms with Crippen LogP contribution < -0.4 is 5.73 Å². The molecule has 0 bridgehead atoms. The fourth-order valence-corrected chi connectivity index (χ4v) is 1.34. The Kier molecular flexibility index (Phi) is 3.35. The average Bonchev–Trinajstić information content (AvgIpc) is 2.76. The topological polar surface area (TPSA) is 63.9 Å². The third kappa shape index (κ3) is 3.04. The second-order valence-corrected chi connectivity index (χ2v) is 3.54. The van der Waals surface area contributed by atoms with Crippen LogP contribution in [0.4, 0.5) is 0 Å². The maximum absolute atomic E-state index is 5.77. The fraction of sp³-hybridized carbons (Fsp3) is 0.0769. The van der Waals surface area contributed by atoms with Gasteiger partial charge in [0.2, 0.25) is 0 Å². The Labute approximate surface area is 99.5 Å². The average molecular weight is 227 g/mol. The summed E-state index contributed by atoms with van der Waals surface area (Å²) >= 11 is 0. The van der Waals surface area contributed by atoms with Gasteiger partial charge in [0.25, 0.3) is 0 Å². The van der Waals surface area contributed by atoms with Crippen molar-refractivity contribution in [1.29, 1.82) is 0 Å². The summed E-state index contributed by atoms with van der Waals surface area (Å²) in [4.78, 5) is 0. The first kappa shape index (κ1) is 11.1.